The highest BCUT2D eigenvalue weighted by atomic mass is 32.1. The summed E-state index contributed by atoms with van der Waals surface area (Å²) >= 11 is 1.43. The Labute approximate surface area is 139 Å². The molecule has 0 atom stereocenters. The van der Waals surface area contributed by atoms with Gasteiger partial charge in [0.25, 0.3) is 5.91 Å². The van der Waals surface area contributed by atoms with Crippen LogP contribution in [0.4, 0.5) is 5.69 Å². The number of para-hydroxylation sites is 2. The number of methoxy groups -OCH3 is 1. The van der Waals surface area contributed by atoms with E-state index in [0.29, 0.717) is 22.9 Å². The van der Waals surface area contributed by atoms with Crippen molar-refractivity contribution in [3.63, 3.8) is 0 Å². The highest BCUT2D eigenvalue weighted by Crippen LogP contribution is 2.23. The Hall–Kier alpha value is -2.34. The molecular formula is C17H20N2O3S. The Morgan fingerprint density at radius 3 is 2.57 bits per heavy atom. The Bertz CT molecular complexity index is 697. The van der Waals surface area contributed by atoms with Gasteiger partial charge in [-0.05, 0) is 38.1 Å². The highest BCUT2D eigenvalue weighted by Gasteiger charge is 2.19. The lowest BCUT2D eigenvalue weighted by atomic mass is 10.3. The molecule has 1 aromatic heterocycles. The van der Waals surface area contributed by atoms with Crippen molar-refractivity contribution in [1.82, 2.24) is 4.90 Å². The first-order chi connectivity index (χ1) is 11.0. The maximum absolute atomic E-state index is 12.4. The van der Waals surface area contributed by atoms with E-state index >= 15 is 0 Å². The maximum Gasteiger partial charge on any atom is 0.264 e. The van der Waals surface area contributed by atoms with Gasteiger partial charge >= 0.3 is 0 Å². The largest absolute Gasteiger partial charge is 0.495 e. The molecule has 0 aliphatic carbocycles. The van der Waals surface area contributed by atoms with Gasteiger partial charge in [0.1, 0.15) is 12.3 Å². The zero-order valence-electron chi connectivity index (χ0n) is 13.5. The molecule has 0 saturated heterocycles. The predicted molar refractivity (Wildman–Crippen MR) is 92.3 cm³/mol. The molecule has 2 rings (SSSR count). The minimum absolute atomic E-state index is 0.00430. The molecule has 0 saturated carbocycles. The Morgan fingerprint density at radius 2 is 1.96 bits per heavy atom. The van der Waals surface area contributed by atoms with Gasteiger partial charge in [-0.25, -0.2) is 0 Å². The number of hydrogen-bond donors (Lipinski definition) is 1. The summed E-state index contributed by atoms with van der Waals surface area (Å²) in [5, 5.41) is 2.78. The predicted octanol–water partition coefficient (Wildman–Crippen LogP) is 3.17. The fourth-order valence-electron chi connectivity index (χ4n) is 2.14. The van der Waals surface area contributed by atoms with Crippen LogP contribution >= 0.6 is 11.3 Å². The topological polar surface area (TPSA) is 58.6 Å². The van der Waals surface area contributed by atoms with Crippen molar-refractivity contribution in [3.05, 3.63) is 46.2 Å². The Kier molecular flexibility index (Phi) is 5.76. The summed E-state index contributed by atoms with van der Waals surface area (Å²) in [6.07, 6.45) is 0. The van der Waals surface area contributed by atoms with Crippen LogP contribution in [-0.2, 0) is 4.79 Å². The number of aryl methyl sites for hydroxylation is 1. The van der Waals surface area contributed by atoms with Crippen molar-refractivity contribution in [2.24, 2.45) is 0 Å². The van der Waals surface area contributed by atoms with E-state index in [4.69, 9.17) is 4.74 Å². The summed E-state index contributed by atoms with van der Waals surface area (Å²) in [7, 11) is 1.55. The zero-order valence-corrected chi connectivity index (χ0v) is 14.3. The van der Waals surface area contributed by atoms with Crippen molar-refractivity contribution in [2.75, 3.05) is 25.5 Å². The number of hydrogen-bond acceptors (Lipinski definition) is 4. The zero-order chi connectivity index (χ0) is 16.8. The second-order valence-electron chi connectivity index (χ2n) is 4.98. The van der Waals surface area contributed by atoms with E-state index in [9.17, 15) is 9.59 Å². The van der Waals surface area contributed by atoms with Crippen molar-refractivity contribution in [1.29, 1.82) is 0 Å². The van der Waals surface area contributed by atoms with E-state index < -0.39 is 0 Å². The first kappa shape index (κ1) is 17.0. The molecule has 0 bridgehead atoms. The van der Waals surface area contributed by atoms with Crippen LogP contribution in [0.25, 0.3) is 0 Å². The molecule has 1 heterocycles. The summed E-state index contributed by atoms with van der Waals surface area (Å²) in [6.45, 7) is 4.28. The molecule has 5 nitrogen and oxygen atoms in total. The third-order valence-corrected chi connectivity index (χ3v) is 4.32. The Morgan fingerprint density at radius 1 is 1.22 bits per heavy atom. The third-order valence-electron chi connectivity index (χ3n) is 3.34. The lowest BCUT2D eigenvalue weighted by Crippen LogP contribution is -2.37. The molecule has 0 aliphatic rings. The van der Waals surface area contributed by atoms with Gasteiger partial charge in [-0.1, -0.05) is 12.1 Å². The number of benzene rings is 1. The minimum atomic E-state index is -0.252. The fourth-order valence-corrected chi connectivity index (χ4v) is 2.98. The number of carbonyl (C=O) groups is 2. The van der Waals surface area contributed by atoms with Gasteiger partial charge in [-0.2, -0.15) is 0 Å². The van der Waals surface area contributed by atoms with Crippen LogP contribution in [-0.4, -0.2) is 36.9 Å². The molecule has 23 heavy (non-hydrogen) atoms. The number of thiophene rings is 1. The van der Waals surface area contributed by atoms with Gasteiger partial charge < -0.3 is 15.0 Å². The van der Waals surface area contributed by atoms with Crippen molar-refractivity contribution < 1.29 is 14.3 Å². The van der Waals surface area contributed by atoms with Crippen LogP contribution in [0.1, 0.15) is 21.5 Å². The molecule has 0 aliphatic heterocycles. The monoisotopic (exact) mass is 332 g/mol. The van der Waals surface area contributed by atoms with Gasteiger partial charge in [0.05, 0.1) is 17.7 Å². The average molecular weight is 332 g/mol. The molecular weight excluding hydrogens is 312 g/mol. The lowest BCUT2D eigenvalue weighted by Gasteiger charge is -2.20. The number of nitrogens with zero attached hydrogens (tertiary/aromatic N) is 1. The number of nitrogens with one attached hydrogen (secondary N) is 1. The van der Waals surface area contributed by atoms with Crippen molar-refractivity contribution >= 4 is 28.8 Å². The number of ether oxygens (including phenoxy) is 1. The van der Waals surface area contributed by atoms with E-state index in [1.807, 2.05) is 32.0 Å². The summed E-state index contributed by atoms with van der Waals surface area (Å²) in [5.41, 5.74) is 0.593. The first-order valence-electron chi connectivity index (χ1n) is 7.33. The van der Waals surface area contributed by atoms with Gasteiger partial charge in [0.2, 0.25) is 5.91 Å². The van der Waals surface area contributed by atoms with Gasteiger partial charge in [-0.15, -0.1) is 11.3 Å². The van der Waals surface area contributed by atoms with Gasteiger partial charge in [0.15, 0.2) is 0 Å². The second kappa shape index (κ2) is 7.78. The maximum atomic E-state index is 12.4. The average Bonchev–Trinajstić information content (AvgIpc) is 2.99. The van der Waals surface area contributed by atoms with Crippen LogP contribution in [0.15, 0.2) is 36.4 Å². The van der Waals surface area contributed by atoms with Crippen LogP contribution < -0.4 is 10.1 Å². The number of rotatable bonds is 6. The normalized spacial score (nSPS) is 10.2. The molecule has 1 N–H and O–H groups in total. The van der Waals surface area contributed by atoms with Crippen LogP contribution in [0.2, 0.25) is 0 Å². The SMILES string of the molecule is CCN(CC(=O)Nc1ccccc1OC)C(=O)c1ccc(C)s1. The van der Waals surface area contributed by atoms with E-state index in [-0.39, 0.29) is 18.4 Å². The number of anilines is 1. The molecule has 1 aromatic carbocycles. The number of likely N-dealkylation sites (N-methyl/N-ethyl adjacent to an activating group) is 1. The Balaban J connectivity index is 2.03. The second-order valence-corrected chi connectivity index (χ2v) is 6.27. The van der Waals surface area contributed by atoms with Crippen molar-refractivity contribution in [2.45, 2.75) is 13.8 Å². The van der Waals surface area contributed by atoms with Crippen molar-refractivity contribution in [3.8, 4) is 5.75 Å². The summed E-state index contributed by atoms with van der Waals surface area (Å²) < 4.78 is 5.20. The molecule has 6 heteroatoms. The van der Waals surface area contributed by atoms with Gasteiger partial charge in [-0.3, -0.25) is 9.59 Å². The summed E-state index contributed by atoms with van der Waals surface area (Å²) in [5.74, 6) is 0.211. The minimum Gasteiger partial charge on any atom is -0.495 e. The fraction of sp³-hybridized carbons (Fsp3) is 0.294. The van der Waals surface area contributed by atoms with Gasteiger partial charge in [0, 0.05) is 11.4 Å². The quantitative estimate of drug-likeness (QED) is 0.884. The van der Waals surface area contributed by atoms with E-state index in [2.05, 4.69) is 5.32 Å². The summed E-state index contributed by atoms with van der Waals surface area (Å²) in [4.78, 5) is 27.9. The first-order valence-corrected chi connectivity index (χ1v) is 8.15. The third kappa shape index (κ3) is 4.32. The lowest BCUT2D eigenvalue weighted by molar-refractivity contribution is -0.116. The summed E-state index contributed by atoms with van der Waals surface area (Å²) in [6, 6.07) is 10.9. The number of carbonyl (C=O) groups excluding carboxylic acids is 2. The van der Waals surface area contributed by atoms with Crippen LogP contribution in [0.3, 0.4) is 0 Å². The van der Waals surface area contributed by atoms with E-state index in [1.165, 1.54) is 16.2 Å². The smallest absolute Gasteiger partial charge is 0.264 e. The molecule has 2 amide bonds. The molecule has 0 spiro atoms. The highest BCUT2D eigenvalue weighted by molar-refractivity contribution is 7.13. The van der Waals surface area contributed by atoms with E-state index in [0.717, 1.165) is 4.88 Å². The molecule has 0 unspecified atom stereocenters. The van der Waals surface area contributed by atoms with E-state index in [1.54, 1.807) is 25.3 Å². The molecule has 122 valence electrons. The van der Waals surface area contributed by atoms with Crippen LogP contribution in [0.5, 0.6) is 5.75 Å². The molecule has 0 fully saturated rings. The standard InChI is InChI=1S/C17H20N2O3S/c1-4-19(17(21)15-10-9-12(2)23-15)11-16(20)18-13-7-5-6-8-14(13)22-3/h5-10H,4,11H2,1-3H3,(H,18,20). The molecule has 2 aromatic rings. The number of amides is 2. The molecule has 0 radical (unpaired) electrons. The van der Waals surface area contributed by atoms with Crippen LogP contribution in [0, 0.1) is 6.92 Å².